The Balaban J connectivity index is 2.63. The summed E-state index contributed by atoms with van der Waals surface area (Å²) in [6, 6.07) is 3.92. The summed E-state index contributed by atoms with van der Waals surface area (Å²) in [5.41, 5.74) is 1.18. The van der Waals surface area contributed by atoms with Gasteiger partial charge in [-0.25, -0.2) is 9.78 Å². The predicted molar refractivity (Wildman–Crippen MR) is 67.2 cm³/mol. The van der Waals surface area contributed by atoms with Crippen molar-refractivity contribution in [3.8, 4) is 0 Å². The molecule has 1 N–H and O–H groups in total. The van der Waals surface area contributed by atoms with E-state index in [1.54, 1.807) is 12.3 Å². The molecule has 94 valence electrons. The Bertz CT molecular complexity index is 380. The van der Waals surface area contributed by atoms with Crippen molar-refractivity contribution >= 4 is 11.7 Å². The van der Waals surface area contributed by atoms with Crippen LogP contribution in [0.5, 0.6) is 0 Å². The maximum absolute atomic E-state index is 11.3. The summed E-state index contributed by atoms with van der Waals surface area (Å²) in [5.74, 6) is -0.422. The molecule has 0 bridgehead atoms. The number of ether oxygens (including phenoxy) is 1. The molecule has 0 saturated heterocycles. The molecule has 1 aromatic rings. The van der Waals surface area contributed by atoms with Crippen molar-refractivity contribution in [1.82, 2.24) is 9.88 Å². The van der Waals surface area contributed by atoms with Gasteiger partial charge in [0, 0.05) is 24.5 Å². The van der Waals surface area contributed by atoms with Crippen LogP contribution in [0.4, 0.5) is 5.69 Å². The van der Waals surface area contributed by atoms with Crippen LogP contribution in [0.15, 0.2) is 18.3 Å². The number of carbonyl (C=O) groups is 1. The van der Waals surface area contributed by atoms with E-state index < -0.39 is 5.97 Å². The molecule has 0 aliphatic carbocycles. The molecule has 0 spiro atoms. The molecule has 0 fully saturated rings. The van der Waals surface area contributed by atoms with Gasteiger partial charge in [0.1, 0.15) is 5.69 Å². The lowest BCUT2D eigenvalue weighted by Gasteiger charge is -2.20. The lowest BCUT2D eigenvalue weighted by Crippen LogP contribution is -2.31. The molecule has 1 aromatic heterocycles. The molecule has 0 saturated carbocycles. The Morgan fingerprint density at radius 2 is 2.29 bits per heavy atom. The largest absolute Gasteiger partial charge is 0.464 e. The van der Waals surface area contributed by atoms with Crippen molar-refractivity contribution in [3.05, 3.63) is 24.0 Å². The number of aromatic nitrogens is 1. The third-order valence-electron chi connectivity index (χ3n) is 2.64. The van der Waals surface area contributed by atoms with Crippen molar-refractivity contribution in [2.45, 2.75) is 13.0 Å². The summed E-state index contributed by atoms with van der Waals surface area (Å²) in [5, 5.41) is 3.26. The molecule has 1 atom stereocenters. The first-order valence-electron chi connectivity index (χ1n) is 5.49. The van der Waals surface area contributed by atoms with Gasteiger partial charge in [-0.15, -0.1) is 0 Å². The van der Waals surface area contributed by atoms with Crippen molar-refractivity contribution in [2.75, 3.05) is 33.1 Å². The SMILES string of the molecule is COC(=O)c1cc(NCC(C)N(C)C)ccn1. The van der Waals surface area contributed by atoms with Crippen LogP contribution in [0.2, 0.25) is 0 Å². The molecule has 1 unspecified atom stereocenters. The molecule has 0 aliphatic rings. The van der Waals surface area contributed by atoms with Crippen LogP contribution in [0.3, 0.4) is 0 Å². The van der Waals surface area contributed by atoms with E-state index in [-0.39, 0.29) is 0 Å². The Morgan fingerprint density at radius 1 is 1.59 bits per heavy atom. The maximum atomic E-state index is 11.3. The first-order valence-corrected chi connectivity index (χ1v) is 5.49. The first kappa shape index (κ1) is 13.4. The van der Waals surface area contributed by atoms with Gasteiger partial charge < -0.3 is 15.0 Å². The van der Waals surface area contributed by atoms with Crippen LogP contribution in [0.25, 0.3) is 0 Å². The van der Waals surface area contributed by atoms with Gasteiger partial charge in [-0.1, -0.05) is 0 Å². The van der Waals surface area contributed by atoms with Gasteiger partial charge in [0.2, 0.25) is 0 Å². The highest BCUT2D eigenvalue weighted by Gasteiger charge is 2.08. The van der Waals surface area contributed by atoms with Crippen LogP contribution >= 0.6 is 0 Å². The molecule has 5 nitrogen and oxygen atoms in total. The van der Waals surface area contributed by atoms with Crippen molar-refractivity contribution in [3.63, 3.8) is 0 Å². The Hall–Kier alpha value is -1.62. The minimum Gasteiger partial charge on any atom is -0.464 e. The van der Waals surface area contributed by atoms with Gasteiger partial charge in [-0.05, 0) is 33.2 Å². The minimum absolute atomic E-state index is 0.315. The number of anilines is 1. The van der Waals surface area contributed by atoms with Crippen molar-refractivity contribution < 1.29 is 9.53 Å². The highest BCUT2D eigenvalue weighted by Crippen LogP contribution is 2.09. The third-order valence-corrected chi connectivity index (χ3v) is 2.64. The number of hydrogen-bond acceptors (Lipinski definition) is 5. The molecular weight excluding hydrogens is 218 g/mol. The van der Waals surface area contributed by atoms with Gasteiger partial charge in [0.05, 0.1) is 7.11 Å². The first-order chi connectivity index (χ1) is 8.04. The Morgan fingerprint density at radius 3 is 2.88 bits per heavy atom. The molecular formula is C12H19N3O2. The normalized spacial score (nSPS) is 12.3. The van der Waals surface area contributed by atoms with Gasteiger partial charge >= 0.3 is 5.97 Å². The van der Waals surface area contributed by atoms with Gasteiger partial charge in [0.15, 0.2) is 0 Å². The summed E-state index contributed by atoms with van der Waals surface area (Å²) < 4.78 is 4.62. The number of likely N-dealkylation sites (N-methyl/N-ethyl adjacent to an activating group) is 1. The van der Waals surface area contributed by atoms with Gasteiger partial charge in [-0.2, -0.15) is 0 Å². The van der Waals surface area contributed by atoms with Gasteiger partial charge in [0.25, 0.3) is 0 Å². The maximum Gasteiger partial charge on any atom is 0.356 e. The number of rotatable bonds is 5. The van der Waals surface area contributed by atoms with Crippen molar-refractivity contribution in [2.24, 2.45) is 0 Å². The number of nitrogens with zero attached hydrogens (tertiary/aromatic N) is 2. The van der Waals surface area contributed by atoms with E-state index in [1.165, 1.54) is 7.11 Å². The lowest BCUT2D eigenvalue weighted by atomic mass is 10.2. The zero-order valence-electron chi connectivity index (χ0n) is 10.7. The van der Waals surface area contributed by atoms with Crippen LogP contribution in [0, 0.1) is 0 Å². The second-order valence-corrected chi connectivity index (χ2v) is 4.11. The number of carbonyl (C=O) groups excluding carboxylic acids is 1. The summed E-state index contributed by atoms with van der Waals surface area (Å²) in [6.45, 7) is 2.92. The summed E-state index contributed by atoms with van der Waals surface area (Å²) in [4.78, 5) is 17.4. The number of esters is 1. The Labute approximate surface area is 102 Å². The predicted octanol–water partition coefficient (Wildman–Crippen LogP) is 1.23. The van der Waals surface area contributed by atoms with Gasteiger partial charge in [-0.3, -0.25) is 0 Å². The van der Waals surface area contributed by atoms with E-state index in [0.29, 0.717) is 11.7 Å². The van der Waals surface area contributed by atoms with E-state index in [0.717, 1.165) is 12.2 Å². The second-order valence-electron chi connectivity index (χ2n) is 4.11. The smallest absolute Gasteiger partial charge is 0.356 e. The molecule has 0 aliphatic heterocycles. The molecule has 0 amide bonds. The summed E-state index contributed by atoms with van der Waals surface area (Å²) in [6.07, 6.45) is 1.59. The van der Waals surface area contributed by atoms with E-state index in [9.17, 15) is 4.79 Å². The fourth-order valence-electron chi connectivity index (χ4n) is 1.20. The number of nitrogens with one attached hydrogen (secondary N) is 1. The molecule has 1 rings (SSSR count). The van der Waals surface area contributed by atoms with E-state index in [4.69, 9.17) is 0 Å². The lowest BCUT2D eigenvalue weighted by molar-refractivity contribution is 0.0594. The fourth-order valence-corrected chi connectivity index (χ4v) is 1.20. The topological polar surface area (TPSA) is 54.5 Å². The van der Waals surface area contributed by atoms with E-state index in [2.05, 4.69) is 26.9 Å². The van der Waals surface area contributed by atoms with E-state index >= 15 is 0 Å². The number of pyridine rings is 1. The zero-order valence-corrected chi connectivity index (χ0v) is 10.7. The molecule has 17 heavy (non-hydrogen) atoms. The number of methoxy groups -OCH3 is 1. The zero-order chi connectivity index (χ0) is 12.8. The molecule has 0 aromatic carbocycles. The average molecular weight is 237 g/mol. The van der Waals surface area contributed by atoms with Crippen LogP contribution in [-0.2, 0) is 4.74 Å². The monoisotopic (exact) mass is 237 g/mol. The van der Waals surface area contributed by atoms with Crippen LogP contribution in [-0.4, -0.2) is 49.6 Å². The molecule has 5 heteroatoms. The summed E-state index contributed by atoms with van der Waals surface area (Å²) in [7, 11) is 5.40. The third kappa shape index (κ3) is 4.03. The number of hydrogen-bond donors (Lipinski definition) is 1. The fraction of sp³-hybridized carbons (Fsp3) is 0.500. The molecule has 1 heterocycles. The average Bonchev–Trinajstić information content (AvgIpc) is 2.35. The standard InChI is InChI=1S/C12H19N3O2/c1-9(15(2)3)8-14-10-5-6-13-11(7-10)12(16)17-4/h5-7,9H,8H2,1-4H3,(H,13,14). The molecule has 0 radical (unpaired) electrons. The quantitative estimate of drug-likeness (QED) is 0.781. The summed E-state index contributed by atoms with van der Waals surface area (Å²) >= 11 is 0. The Kier molecular flexibility index (Phi) is 4.90. The van der Waals surface area contributed by atoms with Crippen LogP contribution in [0.1, 0.15) is 17.4 Å². The van der Waals surface area contributed by atoms with Crippen LogP contribution < -0.4 is 5.32 Å². The van der Waals surface area contributed by atoms with Crippen molar-refractivity contribution in [1.29, 1.82) is 0 Å². The highest BCUT2D eigenvalue weighted by atomic mass is 16.5. The minimum atomic E-state index is -0.422. The highest BCUT2D eigenvalue weighted by molar-refractivity contribution is 5.88. The van der Waals surface area contributed by atoms with E-state index in [1.807, 2.05) is 20.2 Å². The second kappa shape index (κ2) is 6.20.